The maximum Gasteiger partial charge on any atom is 0.269 e. The maximum atomic E-state index is 13.2. The molecular formula is C58H70N14O4S2. The Hall–Kier alpha value is -7.68. The number of amides is 4. The fourth-order valence-corrected chi connectivity index (χ4v) is 13.2. The molecule has 4 amide bonds. The van der Waals surface area contributed by atoms with Gasteiger partial charge in [-0.05, 0) is 123 Å². The predicted molar refractivity (Wildman–Crippen MR) is 306 cm³/mol. The van der Waals surface area contributed by atoms with Gasteiger partial charge >= 0.3 is 0 Å². The highest BCUT2D eigenvalue weighted by Gasteiger charge is 2.48. The Bertz CT molecular complexity index is 3200. The number of rotatable bonds is 11. The summed E-state index contributed by atoms with van der Waals surface area (Å²) < 4.78 is 0. The van der Waals surface area contributed by atoms with Crippen molar-refractivity contribution in [1.82, 2.24) is 30.2 Å². The fourth-order valence-electron chi connectivity index (χ4n) is 11.3. The summed E-state index contributed by atoms with van der Waals surface area (Å²) in [6.45, 7) is 5.73. The first-order chi connectivity index (χ1) is 37.3. The van der Waals surface area contributed by atoms with Crippen molar-refractivity contribution in [3.05, 3.63) is 112 Å². The first kappa shape index (κ1) is 56.5. The van der Waals surface area contributed by atoms with Gasteiger partial charge in [0.05, 0.1) is 29.5 Å². The number of nitriles is 2. The molecule has 5 aromatic rings. The van der Waals surface area contributed by atoms with Crippen molar-refractivity contribution in [3.63, 3.8) is 0 Å². The number of benzene rings is 2. The summed E-state index contributed by atoms with van der Waals surface area (Å²) in [5.41, 5.74) is 19.9. The van der Waals surface area contributed by atoms with Crippen LogP contribution in [0.3, 0.4) is 0 Å². The van der Waals surface area contributed by atoms with E-state index in [1.807, 2.05) is 87.5 Å². The van der Waals surface area contributed by atoms with Crippen molar-refractivity contribution < 1.29 is 19.2 Å². The second kappa shape index (κ2) is 23.9. The normalized spacial score (nSPS) is 25.3. The average molecular weight is 1090 g/mol. The molecule has 2 fully saturated rings. The third kappa shape index (κ3) is 12.4. The molecule has 78 heavy (non-hydrogen) atoms. The zero-order chi connectivity index (χ0) is 55.9. The molecule has 2 aromatic carbocycles. The molecule has 408 valence electrons. The number of nitrogens with one attached hydrogen (secondary N) is 2. The Morgan fingerprint density at radius 2 is 1.45 bits per heavy atom. The van der Waals surface area contributed by atoms with Gasteiger partial charge in [-0.15, -0.1) is 22.7 Å². The van der Waals surface area contributed by atoms with E-state index in [9.17, 15) is 19.2 Å². The number of nitrogens with two attached hydrogens (primary N) is 3. The highest BCUT2D eigenvalue weighted by Crippen LogP contribution is 2.43. The molecule has 6 atom stereocenters. The quantitative estimate of drug-likeness (QED) is 0.0840. The number of aromatic nitrogens is 2. The van der Waals surface area contributed by atoms with Crippen molar-refractivity contribution in [1.29, 1.82) is 10.5 Å². The Morgan fingerprint density at radius 1 is 0.769 bits per heavy atom. The summed E-state index contributed by atoms with van der Waals surface area (Å²) in [6, 6.07) is 29.2. The minimum absolute atomic E-state index is 0.0403. The predicted octanol–water partition coefficient (Wildman–Crippen LogP) is 8.58. The third-order valence-corrected chi connectivity index (χ3v) is 18.7. The SMILES string of the molecule is CN1C(=O)C[C@@](C)(c2ccc(-c3cccc(C#N)c3)s2)N=C1N.CN1C(=O)[C@@](CCC2CCCCC2)(C[C@H]2CCC[C@@H](NC(=O)c3ccn[nH]3)C2)N=C1N.C[C@H]1C(=O)N(C)C(N)=N[C@]1(C)c1cccc(-c2ccc(C#N)s2)c1. The molecule has 5 aliphatic rings. The summed E-state index contributed by atoms with van der Waals surface area (Å²) in [7, 11) is 5.01. The number of guanidine groups is 3. The number of nitrogens with zero attached hydrogens (tertiary/aromatic N) is 9. The van der Waals surface area contributed by atoms with Gasteiger partial charge in [-0.3, -0.25) is 39.0 Å². The number of aliphatic imine (C=N–C) groups is 3. The van der Waals surface area contributed by atoms with E-state index >= 15 is 0 Å². The molecule has 8 N–H and O–H groups in total. The Labute approximate surface area is 464 Å². The number of H-pyrrole nitrogens is 1. The van der Waals surface area contributed by atoms with Crippen molar-refractivity contribution >= 4 is 64.2 Å². The standard InChI is InChI=1S/C23H36N6O2.C18H18N4OS.C17H16N4OS/c1-29-21(31)23(27-22(29)24,12-10-16-6-3-2-4-7-16)15-17-8-5-9-18(14-17)26-20(30)19-11-13-25-28-19;1-11-16(23)22(3)17(20)21-18(11,2)13-6-4-5-12(9-13)15-8-7-14(10-19)24-15;1-17(9-15(22)21(2)16(19)20-17)14-7-6-13(23-14)12-5-3-4-11(8-12)10-18/h11,13,16-18H,2-10,12,14-15H2,1H3,(H2,24,27)(H,25,28)(H,26,30);4-9,11H,1-3H3,(H2,20,21);3-8H,9H2,1-2H3,(H2,19,20)/t17-,18+,23+;11-,18-;17-/m000/s1. The van der Waals surface area contributed by atoms with Gasteiger partial charge < -0.3 is 22.5 Å². The lowest BCUT2D eigenvalue weighted by molar-refractivity contribution is -0.133. The van der Waals surface area contributed by atoms with Crippen LogP contribution < -0.4 is 22.5 Å². The summed E-state index contributed by atoms with van der Waals surface area (Å²) in [4.78, 5) is 72.1. The van der Waals surface area contributed by atoms with Crippen LogP contribution in [0.25, 0.3) is 20.9 Å². The van der Waals surface area contributed by atoms with Crippen LogP contribution in [0.2, 0.25) is 0 Å². The summed E-state index contributed by atoms with van der Waals surface area (Å²) in [5, 5.41) is 27.7. The number of thiophene rings is 2. The molecule has 0 unspecified atom stereocenters. The molecule has 2 aliphatic carbocycles. The Morgan fingerprint density at radius 3 is 2.12 bits per heavy atom. The largest absolute Gasteiger partial charge is 0.369 e. The average Bonchev–Trinajstić information content (AvgIpc) is 4.40. The number of likely N-dealkylation sites (N-methyl/N-ethyl adjacent to an activating group) is 1. The molecule has 6 heterocycles. The zero-order valence-electron chi connectivity index (χ0n) is 45.3. The van der Waals surface area contributed by atoms with Crippen LogP contribution in [-0.4, -0.2) is 99.1 Å². The zero-order valence-corrected chi connectivity index (χ0v) is 46.9. The Balaban J connectivity index is 0.000000157. The van der Waals surface area contributed by atoms with Crippen LogP contribution in [0.15, 0.2) is 100 Å². The van der Waals surface area contributed by atoms with Gasteiger partial charge in [0.2, 0.25) is 11.8 Å². The molecule has 0 spiro atoms. The summed E-state index contributed by atoms with van der Waals surface area (Å²) >= 11 is 3.02. The van der Waals surface area contributed by atoms with E-state index < -0.39 is 16.6 Å². The van der Waals surface area contributed by atoms with Crippen molar-refractivity contribution in [3.8, 4) is 33.0 Å². The second-order valence-corrected chi connectivity index (χ2v) is 23.8. The summed E-state index contributed by atoms with van der Waals surface area (Å²) in [6.07, 6.45) is 14.8. The summed E-state index contributed by atoms with van der Waals surface area (Å²) in [5.74, 6) is 1.39. The third-order valence-electron chi connectivity index (χ3n) is 16.2. The van der Waals surface area contributed by atoms with E-state index in [1.54, 1.807) is 50.8 Å². The minimum atomic E-state index is -0.726. The maximum absolute atomic E-state index is 13.2. The molecule has 3 aromatic heterocycles. The van der Waals surface area contributed by atoms with E-state index in [0.717, 1.165) is 76.3 Å². The number of aromatic amines is 1. The van der Waals surface area contributed by atoms with E-state index in [4.69, 9.17) is 32.7 Å². The van der Waals surface area contributed by atoms with Crippen molar-refractivity contribution in [2.24, 2.45) is 49.9 Å². The fraction of sp³-hybridized carbons (Fsp3) is 0.448. The number of hydrogen-bond acceptors (Lipinski definition) is 15. The van der Waals surface area contributed by atoms with E-state index in [1.165, 1.54) is 58.1 Å². The number of carbonyl (C=O) groups is 4. The van der Waals surface area contributed by atoms with Crippen LogP contribution in [0.4, 0.5) is 0 Å². The lowest BCUT2D eigenvalue weighted by atomic mass is 9.74. The lowest BCUT2D eigenvalue weighted by Gasteiger charge is -2.39. The highest BCUT2D eigenvalue weighted by molar-refractivity contribution is 7.16. The molecule has 20 heteroatoms. The van der Waals surface area contributed by atoms with E-state index in [0.29, 0.717) is 40.4 Å². The number of hydrogen-bond donors (Lipinski definition) is 5. The van der Waals surface area contributed by atoms with E-state index in [2.05, 4.69) is 37.6 Å². The van der Waals surface area contributed by atoms with Crippen LogP contribution >= 0.6 is 22.7 Å². The van der Waals surface area contributed by atoms with Crippen LogP contribution in [0, 0.1) is 40.4 Å². The van der Waals surface area contributed by atoms with E-state index in [-0.39, 0.29) is 47.5 Å². The minimum Gasteiger partial charge on any atom is -0.369 e. The van der Waals surface area contributed by atoms with Gasteiger partial charge in [0, 0.05) is 48.0 Å². The molecule has 0 radical (unpaired) electrons. The second-order valence-electron chi connectivity index (χ2n) is 21.6. The van der Waals surface area contributed by atoms with Crippen LogP contribution in [0.5, 0.6) is 0 Å². The van der Waals surface area contributed by atoms with Gasteiger partial charge in [0.1, 0.15) is 27.7 Å². The van der Waals surface area contributed by atoms with Crippen LogP contribution in [0.1, 0.15) is 136 Å². The molecule has 10 rings (SSSR count). The highest BCUT2D eigenvalue weighted by atomic mass is 32.1. The topological polar surface area (TPSA) is 281 Å². The monoisotopic (exact) mass is 1090 g/mol. The molecule has 2 saturated carbocycles. The molecule has 0 bridgehead atoms. The van der Waals surface area contributed by atoms with Gasteiger partial charge in [0.25, 0.3) is 11.8 Å². The molecule has 3 aliphatic heterocycles. The number of carbonyl (C=O) groups excluding carboxylic acids is 4. The van der Waals surface area contributed by atoms with Gasteiger partial charge in [-0.1, -0.05) is 82.2 Å². The van der Waals surface area contributed by atoms with Crippen molar-refractivity contribution in [2.45, 2.75) is 127 Å². The van der Waals surface area contributed by atoms with Crippen LogP contribution in [-0.2, 0) is 25.5 Å². The first-order valence-electron chi connectivity index (χ1n) is 26.7. The van der Waals surface area contributed by atoms with Gasteiger partial charge in [-0.2, -0.15) is 15.6 Å². The first-order valence-corrected chi connectivity index (χ1v) is 28.3. The molecular weight excluding hydrogens is 1020 g/mol. The molecule has 0 saturated heterocycles. The van der Waals surface area contributed by atoms with Crippen molar-refractivity contribution in [2.75, 3.05) is 21.1 Å². The smallest absolute Gasteiger partial charge is 0.269 e. The van der Waals surface area contributed by atoms with Gasteiger partial charge in [0.15, 0.2) is 17.9 Å². The lowest BCUT2D eigenvalue weighted by Crippen LogP contribution is -2.52. The Kier molecular flexibility index (Phi) is 17.3. The van der Waals surface area contributed by atoms with Gasteiger partial charge in [-0.25, -0.2) is 15.0 Å². The molecule has 18 nitrogen and oxygen atoms in total.